The summed E-state index contributed by atoms with van der Waals surface area (Å²) in [6.07, 6.45) is 2.28. The van der Waals surface area contributed by atoms with Crippen molar-refractivity contribution in [2.45, 2.75) is 37.2 Å². The van der Waals surface area contributed by atoms with Crippen molar-refractivity contribution in [1.82, 2.24) is 14.9 Å². The van der Waals surface area contributed by atoms with Crippen molar-refractivity contribution in [1.29, 1.82) is 0 Å². The van der Waals surface area contributed by atoms with Gasteiger partial charge in [0.25, 0.3) is 5.91 Å². The molecule has 4 N–H and O–H groups in total. The van der Waals surface area contributed by atoms with E-state index in [-0.39, 0.29) is 44.0 Å². The lowest BCUT2D eigenvalue weighted by molar-refractivity contribution is -0.131. The Morgan fingerprint density at radius 2 is 2.12 bits per heavy atom. The van der Waals surface area contributed by atoms with Gasteiger partial charge in [-0.05, 0) is 37.7 Å². The number of nitrogens with zero attached hydrogens (tertiary/aromatic N) is 2. The Morgan fingerprint density at radius 1 is 1.41 bits per heavy atom. The number of sulfone groups is 1. The lowest BCUT2D eigenvalue weighted by Crippen LogP contribution is -2.50. The fourth-order valence-corrected chi connectivity index (χ4v) is 4.42. The van der Waals surface area contributed by atoms with Crippen LogP contribution in [0.25, 0.3) is 0 Å². The van der Waals surface area contributed by atoms with E-state index in [2.05, 4.69) is 23.7 Å². The SMILES string of the molecule is CC(CCN1Cc2cc(C#CC#C[C@@H]3C[C@H]3C(O)CO)cn2C1=O)(C(=O)NO)S(C)(=O)=O. The van der Waals surface area contributed by atoms with Gasteiger partial charge in [0.05, 0.1) is 19.3 Å². The number of hydrogen-bond acceptors (Lipinski definition) is 7. The zero-order valence-electron chi connectivity index (χ0n) is 17.7. The first-order valence-corrected chi connectivity index (χ1v) is 11.9. The minimum atomic E-state index is -3.84. The first-order valence-electron chi connectivity index (χ1n) is 9.97. The van der Waals surface area contributed by atoms with Crippen molar-refractivity contribution >= 4 is 21.8 Å². The van der Waals surface area contributed by atoms with Crippen LogP contribution in [0.5, 0.6) is 0 Å². The van der Waals surface area contributed by atoms with Crippen LogP contribution in [0, 0.1) is 35.5 Å². The van der Waals surface area contributed by atoms with Crippen LogP contribution >= 0.6 is 0 Å². The summed E-state index contributed by atoms with van der Waals surface area (Å²) in [4.78, 5) is 26.0. The second kappa shape index (κ2) is 8.96. The summed E-state index contributed by atoms with van der Waals surface area (Å²) in [6, 6.07) is 1.37. The maximum Gasteiger partial charge on any atom is 0.328 e. The summed E-state index contributed by atoms with van der Waals surface area (Å²) >= 11 is 0. The van der Waals surface area contributed by atoms with Crippen molar-refractivity contribution in [2.75, 3.05) is 19.4 Å². The molecule has 1 aromatic rings. The van der Waals surface area contributed by atoms with Gasteiger partial charge in [0.2, 0.25) is 0 Å². The average molecular weight is 464 g/mol. The molecular weight excluding hydrogens is 438 g/mol. The maximum atomic E-state index is 12.6. The van der Waals surface area contributed by atoms with E-state index in [1.165, 1.54) is 21.9 Å². The Bertz CT molecular complexity index is 1150. The summed E-state index contributed by atoms with van der Waals surface area (Å²) in [5, 5.41) is 27.3. The van der Waals surface area contributed by atoms with Crippen molar-refractivity contribution in [3.63, 3.8) is 0 Å². The number of carbonyl (C=O) groups excluding carboxylic acids is 2. The smallest absolute Gasteiger partial charge is 0.328 e. The van der Waals surface area contributed by atoms with Crippen LogP contribution in [0.4, 0.5) is 4.79 Å². The molecular formula is C21H25N3O7S. The Kier molecular flexibility index (Phi) is 6.67. The van der Waals surface area contributed by atoms with E-state index >= 15 is 0 Å². The molecule has 0 bridgehead atoms. The average Bonchev–Trinajstić information content (AvgIpc) is 3.32. The number of hydrogen-bond donors (Lipinski definition) is 4. The van der Waals surface area contributed by atoms with Crippen LogP contribution in [0.1, 0.15) is 31.0 Å². The minimum Gasteiger partial charge on any atom is -0.394 e. The van der Waals surface area contributed by atoms with Gasteiger partial charge in [-0.15, -0.1) is 0 Å². The molecule has 2 aliphatic rings. The van der Waals surface area contributed by atoms with E-state index in [1.54, 1.807) is 12.3 Å². The maximum absolute atomic E-state index is 12.6. The van der Waals surface area contributed by atoms with Gasteiger partial charge in [-0.3, -0.25) is 14.6 Å². The van der Waals surface area contributed by atoms with Crippen LogP contribution in [-0.4, -0.2) is 75.5 Å². The van der Waals surface area contributed by atoms with Crippen molar-refractivity contribution in [2.24, 2.45) is 11.8 Å². The zero-order chi connectivity index (χ0) is 23.7. The molecule has 4 atom stereocenters. The molecule has 0 radical (unpaired) electrons. The molecule has 0 saturated heterocycles. The molecule has 1 saturated carbocycles. The molecule has 32 heavy (non-hydrogen) atoms. The number of nitrogens with one attached hydrogen (secondary N) is 1. The number of fused-ring (bicyclic) bond motifs is 1. The largest absolute Gasteiger partial charge is 0.394 e. The summed E-state index contributed by atoms with van der Waals surface area (Å²) in [6.45, 7) is 1.16. The van der Waals surface area contributed by atoms with Gasteiger partial charge in [-0.1, -0.05) is 11.8 Å². The summed E-state index contributed by atoms with van der Waals surface area (Å²) in [5.74, 6) is 10.2. The molecule has 2 unspecified atom stereocenters. The molecule has 1 aliphatic heterocycles. The highest BCUT2D eigenvalue weighted by Gasteiger charge is 2.44. The fourth-order valence-electron chi connectivity index (χ4n) is 3.57. The number of amides is 2. The van der Waals surface area contributed by atoms with Gasteiger partial charge in [0.15, 0.2) is 14.6 Å². The number of hydroxylamine groups is 1. The quantitative estimate of drug-likeness (QED) is 0.238. The molecule has 2 heterocycles. The topological polar surface area (TPSA) is 149 Å². The third-order valence-electron chi connectivity index (χ3n) is 6.04. The van der Waals surface area contributed by atoms with Crippen molar-refractivity contribution in [3.05, 3.63) is 23.5 Å². The second-order valence-corrected chi connectivity index (χ2v) is 10.7. The van der Waals surface area contributed by atoms with E-state index in [0.29, 0.717) is 11.3 Å². The third kappa shape index (κ3) is 4.66. The molecule has 11 heteroatoms. The predicted octanol–water partition coefficient (Wildman–Crippen LogP) is -0.685. The number of rotatable bonds is 7. The predicted molar refractivity (Wildman–Crippen MR) is 113 cm³/mol. The molecule has 0 spiro atoms. The van der Waals surface area contributed by atoms with E-state index in [1.807, 2.05) is 0 Å². The normalized spacial score (nSPS) is 22.0. The molecule has 10 nitrogen and oxygen atoms in total. The van der Waals surface area contributed by atoms with Gasteiger partial charge in [-0.2, -0.15) is 0 Å². The lowest BCUT2D eigenvalue weighted by Gasteiger charge is -2.27. The highest BCUT2D eigenvalue weighted by molar-refractivity contribution is 7.92. The molecule has 172 valence electrons. The summed E-state index contributed by atoms with van der Waals surface area (Å²) < 4.78 is 23.7. The van der Waals surface area contributed by atoms with E-state index in [9.17, 15) is 23.1 Å². The Balaban J connectivity index is 1.61. The molecule has 1 aliphatic carbocycles. The fraction of sp³-hybridized carbons (Fsp3) is 0.524. The van der Waals surface area contributed by atoms with Crippen molar-refractivity contribution in [3.8, 4) is 23.7 Å². The van der Waals surface area contributed by atoms with Crippen LogP contribution in [0.2, 0.25) is 0 Å². The molecule has 2 amide bonds. The molecule has 0 aromatic carbocycles. The van der Waals surface area contributed by atoms with Gasteiger partial charge in [0.1, 0.15) is 0 Å². The number of aromatic nitrogens is 1. The third-order valence-corrected chi connectivity index (χ3v) is 8.06. The second-order valence-electron chi connectivity index (χ2n) is 8.26. The summed E-state index contributed by atoms with van der Waals surface area (Å²) in [7, 11) is -3.84. The van der Waals surface area contributed by atoms with Gasteiger partial charge < -0.3 is 15.1 Å². The summed E-state index contributed by atoms with van der Waals surface area (Å²) in [5.41, 5.74) is 2.66. The van der Waals surface area contributed by atoms with Crippen molar-refractivity contribution < 1.29 is 33.4 Å². The Labute approximate surface area is 186 Å². The first-order chi connectivity index (χ1) is 15.0. The lowest BCUT2D eigenvalue weighted by atomic mass is 10.1. The highest BCUT2D eigenvalue weighted by Crippen LogP contribution is 2.40. The van der Waals surface area contributed by atoms with Crippen LogP contribution in [-0.2, 0) is 21.2 Å². The monoisotopic (exact) mass is 463 g/mol. The number of aliphatic hydroxyl groups is 2. The first kappa shape index (κ1) is 23.8. The molecule has 1 fully saturated rings. The Hall–Kier alpha value is -2.83. The van der Waals surface area contributed by atoms with Gasteiger partial charge in [0, 0.05) is 42.1 Å². The minimum absolute atomic E-state index is 0.00619. The molecule has 1 aromatic heterocycles. The zero-order valence-corrected chi connectivity index (χ0v) is 18.5. The van der Waals surface area contributed by atoms with E-state index in [0.717, 1.165) is 12.7 Å². The Morgan fingerprint density at radius 3 is 2.72 bits per heavy atom. The van der Waals surface area contributed by atoms with Crippen LogP contribution in [0.15, 0.2) is 12.3 Å². The highest BCUT2D eigenvalue weighted by atomic mass is 32.2. The van der Waals surface area contributed by atoms with Crippen LogP contribution < -0.4 is 5.48 Å². The van der Waals surface area contributed by atoms with E-state index < -0.39 is 26.6 Å². The number of aliphatic hydroxyl groups excluding tert-OH is 2. The molecule has 3 rings (SSSR count). The standard InChI is InChI=1S/C21H25N3O7S/c1-21(19(27)22-29,32(2,30)31)7-8-23-12-16-9-14(11-24(16)20(23)28)5-3-4-6-15-10-17(15)18(26)13-25/h9,11,15,17-18,25-26,29H,7-8,10,12-13H2,1-2H3,(H,22,27)/t15-,17-,18?,21?/m1/s1. The van der Waals surface area contributed by atoms with Gasteiger partial charge in [-0.25, -0.2) is 18.7 Å². The van der Waals surface area contributed by atoms with Crippen LogP contribution in [0.3, 0.4) is 0 Å². The van der Waals surface area contributed by atoms with E-state index in [4.69, 9.17) is 10.3 Å². The van der Waals surface area contributed by atoms with Gasteiger partial charge >= 0.3 is 6.03 Å². The number of carbonyl (C=O) groups is 2.